The van der Waals surface area contributed by atoms with Crippen LogP contribution >= 0.6 is 0 Å². The van der Waals surface area contributed by atoms with Gasteiger partial charge in [-0.25, -0.2) is 4.39 Å². The Hall–Kier alpha value is -2.44. The van der Waals surface area contributed by atoms with Crippen LogP contribution in [-0.4, -0.2) is 35.7 Å². The molecular weight excluding hydrogens is 313 g/mol. The number of anilines is 2. The second-order valence-corrected chi connectivity index (χ2v) is 6.46. The number of benzene rings is 1. The van der Waals surface area contributed by atoms with Crippen molar-refractivity contribution in [3.05, 3.63) is 24.0 Å². The first-order valence-electron chi connectivity index (χ1n) is 7.92. The zero-order chi connectivity index (χ0) is 17.9. The molecule has 1 heterocycles. The van der Waals surface area contributed by atoms with Crippen molar-refractivity contribution in [3.8, 4) is 0 Å². The van der Waals surface area contributed by atoms with Crippen LogP contribution in [0, 0.1) is 17.7 Å². The van der Waals surface area contributed by atoms with E-state index in [-0.39, 0.29) is 23.9 Å². The molecule has 130 valence electrons. The van der Waals surface area contributed by atoms with Crippen molar-refractivity contribution in [2.45, 2.75) is 27.2 Å². The van der Waals surface area contributed by atoms with E-state index in [1.807, 2.05) is 13.8 Å². The third-order valence-corrected chi connectivity index (χ3v) is 3.72. The van der Waals surface area contributed by atoms with E-state index in [4.69, 9.17) is 0 Å². The maximum absolute atomic E-state index is 13.6. The van der Waals surface area contributed by atoms with Gasteiger partial charge in [-0.3, -0.25) is 14.4 Å². The average Bonchev–Trinajstić information content (AvgIpc) is 2.82. The number of hydrogen-bond donors (Lipinski definition) is 2. The van der Waals surface area contributed by atoms with E-state index in [1.54, 1.807) is 4.90 Å². The van der Waals surface area contributed by atoms with Crippen LogP contribution in [-0.2, 0) is 14.4 Å². The first-order valence-corrected chi connectivity index (χ1v) is 7.92. The van der Waals surface area contributed by atoms with E-state index in [2.05, 4.69) is 10.6 Å². The minimum Gasteiger partial charge on any atom is -0.342 e. The molecule has 0 saturated carbocycles. The highest BCUT2D eigenvalue weighted by Crippen LogP contribution is 2.23. The second-order valence-electron chi connectivity index (χ2n) is 6.46. The largest absolute Gasteiger partial charge is 0.342 e. The molecule has 7 heteroatoms. The van der Waals surface area contributed by atoms with Crippen molar-refractivity contribution < 1.29 is 18.8 Å². The predicted molar refractivity (Wildman–Crippen MR) is 88.9 cm³/mol. The molecule has 1 atom stereocenters. The van der Waals surface area contributed by atoms with E-state index in [9.17, 15) is 18.8 Å². The number of carbonyl (C=O) groups is 3. The van der Waals surface area contributed by atoms with Crippen molar-refractivity contribution in [3.63, 3.8) is 0 Å². The molecule has 24 heavy (non-hydrogen) atoms. The molecule has 1 aliphatic rings. The quantitative estimate of drug-likeness (QED) is 0.866. The molecule has 2 N–H and O–H groups in total. The standard InChI is InChI=1S/C17H22FN3O3/c1-10(2)8-21-9-12(6-16(21)23)17(24)20-13-4-5-14(18)15(7-13)19-11(3)22/h4-5,7,10,12H,6,8-9H2,1-3H3,(H,19,22)(H,20,24). The number of likely N-dealkylation sites (tertiary alicyclic amines) is 1. The van der Waals surface area contributed by atoms with E-state index >= 15 is 0 Å². The van der Waals surface area contributed by atoms with Crippen molar-refractivity contribution in [2.24, 2.45) is 11.8 Å². The van der Waals surface area contributed by atoms with Gasteiger partial charge in [-0.15, -0.1) is 0 Å². The Morgan fingerprint density at radius 1 is 1.33 bits per heavy atom. The molecular formula is C17H22FN3O3. The maximum atomic E-state index is 13.6. The molecule has 1 aliphatic heterocycles. The Balaban J connectivity index is 2.02. The van der Waals surface area contributed by atoms with Crippen LogP contribution in [0.1, 0.15) is 27.2 Å². The lowest BCUT2D eigenvalue weighted by molar-refractivity contribution is -0.128. The van der Waals surface area contributed by atoms with Gasteiger partial charge < -0.3 is 15.5 Å². The zero-order valence-electron chi connectivity index (χ0n) is 14.1. The van der Waals surface area contributed by atoms with Gasteiger partial charge in [-0.1, -0.05) is 13.8 Å². The Morgan fingerprint density at radius 2 is 2.04 bits per heavy atom. The normalized spacial score (nSPS) is 17.3. The van der Waals surface area contributed by atoms with Gasteiger partial charge in [0.05, 0.1) is 11.6 Å². The Bertz CT molecular complexity index is 660. The number of halogens is 1. The van der Waals surface area contributed by atoms with Crippen molar-refractivity contribution >= 4 is 29.1 Å². The highest BCUT2D eigenvalue weighted by molar-refractivity contribution is 5.98. The van der Waals surface area contributed by atoms with Gasteiger partial charge in [0.1, 0.15) is 5.82 Å². The van der Waals surface area contributed by atoms with Crippen molar-refractivity contribution in [1.29, 1.82) is 0 Å². The summed E-state index contributed by atoms with van der Waals surface area (Å²) in [6, 6.07) is 3.95. The third kappa shape index (κ3) is 4.53. The minimum atomic E-state index is -0.581. The van der Waals surface area contributed by atoms with Crippen LogP contribution in [0.2, 0.25) is 0 Å². The SMILES string of the molecule is CC(=O)Nc1cc(NC(=O)C2CC(=O)N(CC(C)C)C2)ccc1F. The Labute approximate surface area is 140 Å². The molecule has 3 amide bonds. The first kappa shape index (κ1) is 17.9. The fourth-order valence-electron chi connectivity index (χ4n) is 2.70. The van der Waals surface area contributed by atoms with Gasteiger partial charge in [0.2, 0.25) is 17.7 Å². The first-order chi connectivity index (χ1) is 11.3. The highest BCUT2D eigenvalue weighted by atomic mass is 19.1. The van der Waals surface area contributed by atoms with E-state index in [1.165, 1.54) is 25.1 Å². The molecule has 1 saturated heterocycles. The summed E-state index contributed by atoms with van der Waals surface area (Å²) in [4.78, 5) is 37.0. The molecule has 0 spiro atoms. The van der Waals surface area contributed by atoms with Gasteiger partial charge in [-0.05, 0) is 24.1 Å². The number of nitrogens with zero attached hydrogens (tertiary/aromatic N) is 1. The Kier molecular flexibility index (Phi) is 5.54. The predicted octanol–water partition coefficient (Wildman–Crippen LogP) is 2.23. The van der Waals surface area contributed by atoms with Gasteiger partial charge in [-0.2, -0.15) is 0 Å². The average molecular weight is 335 g/mol. The van der Waals surface area contributed by atoms with Gasteiger partial charge in [0.25, 0.3) is 0 Å². The number of carbonyl (C=O) groups excluding carboxylic acids is 3. The zero-order valence-corrected chi connectivity index (χ0v) is 14.1. The number of amides is 3. The van der Waals surface area contributed by atoms with Gasteiger partial charge >= 0.3 is 0 Å². The lowest BCUT2D eigenvalue weighted by Crippen LogP contribution is -2.31. The van der Waals surface area contributed by atoms with Crippen LogP contribution in [0.15, 0.2) is 18.2 Å². The molecule has 2 rings (SSSR count). The van der Waals surface area contributed by atoms with Crippen LogP contribution in [0.25, 0.3) is 0 Å². The summed E-state index contributed by atoms with van der Waals surface area (Å²) in [7, 11) is 0. The summed E-state index contributed by atoms with van der Waals surface area (Å²) in [6.45, 7) is 6.33. The van der Waals surface area contributed by atoms with Crippen LogP contribution < -0.4 is 10.6 Å². The van der Waals surface area contributed by atoms with Crippen LogP contribution in [0.5, 0.6) is 0 Å². The summed E-state index contributed by atoms with van der Waals surface area (Å²) in [5.41, 5.74) is 0.379. The van der Waals surface area contributed by atoms with E-state index in [0.717, 1.165) is 0 Å². The van der Waals surface area contributed by atoms with E-state index < -0.39 is 17.6 Å². The number of rotatable bonds is 5. The number of nitrogens with one attached hydrogen (secondary N) is 2. The van der Waals surface area contributed by atoms with Crippen molar-refractivity contribution in [2.75, 3.05) is 23.7 Å². The second kappa shape index (κ2) is 7.42. The molecule has 1 fully saturated rings. The smallest absolute Gasteiger partial charge is 0.229 e. The fourth-order valence-corrected chi connectivity index (χ4v) is 2.70. The molecule has 1 aromatic rings. The van der Waals surface area contributed by atoms with Crippen LogP contribution in [0.4, 0.5) is 15.8 Å². The summed E-state index contributed by atoms with van der Waals surface area (Å²) >= 11 is 0. The maximum Gasteiger partial charge on any atom is 0.229 e. The van der Waals surface area contributed by atoms with Gasteiger partial charge in [0.15, 0.2) is 0 Å². The lowest BCUT2D eigenvalue weighted by Gasteiger charge is -2.18. The third-order valence-electron chi connectivity index (χ3n) is 3.72. The summed E-state index contributed by atoms with van der Waals surface area (Å²) in [6.07, 6.45) is 0.179. The summed E-state index contributed by atoms with van der Waals surface area (Å²) in [5, 5.41) is 5.05. The minimum absolute atomic E-state index is 0.00392. The van der Waals surface area contributed by atoms with E-state index in [0.29, 0.717) is 24.7 Å². The fraction of sp³-hybridized carbons (Fsp3) is 0.471. The highest BCUT2D eigenvalue weighted by Gasteiger charge is 2.34. The summed E-state index contributed by atoms with van der Waals surface area (Å²) in [5.74, 6) is -1.37. The molecule has 1 aromatic carbocycles. The molecule has 0 aromatic heterocycles. The lowest BCUT2D eigenvalue weighted by atomic mass is 10.1. The topological polar surface area (TPSA) is 78.5 Å². The molecule has 1 unspecified atom stereocenters. The van der Waals surface area contributed by atoms with Gasteiger partial charge in [0, 0.05) is 32.1 Å². The molecule has 0 bridgehead atoms. The van der Waals surface area contributed by atoms with Crippen LogP contribution in [0.3, 0.4) is 0 Å². The Morgan fingerprint density at radius 3 is 2.67 bits per heavy atom. The monoisotopic (exact) mass is 335 g/mol. The number of hydrogen-bond acceptors (Lipinski definition) is 3. The van der Waals surface area contributed by atoms with Crippen molar-refractivity contribution in [1.82, 2.24) is 4.90 Å². The molecule has 0 radical (unpaired) electrons. The molecule has 6 nitrogen and oxygen atoms in total. The molecule has 0 aliphatic carbocycles. The summed E-state index contributed by atoms with van der Waals surface area (Å²) < 4.78 is 13.6.